The Labute approximate surface area is 95.0 Å². The Bertz CT molecular complexity index is 186. The van der Waals surface area contributed by atoms with Crippen molar-refractivity contribution in [1.82, 2.24) is 5.32 Å². The summed E-state index contributed by atoms with van der Waals surface area (Å²) in [6.45, 7) is 4.74. The second kappa shape index (κ2) is 5.34. The van der Waals surface area contributed by atoms with Crippen LogP contribution in [0.4, 0.5) is 0 Å². The largest absolute Gasteiger partial charge is 0.311 e. The van der Waals surface area contributed by atoms with Crippen LogP contribution in [0, 0.1) is 11.8 Å². The molecule has 1 N–H and O–H groups in total. The minimum absolute atomic E-state index is 0.839. The fraction of sp³-hybridized carbons (Fsp3) is 1.00. The Balaban J connectivity index is 1.77. The summed E-state index contributed by atoms with van der Waals surface area (Å²) in [7, 11) is 0. The van der Waals surface area contributed by atoms with Crippen molar-refractivity contribution < 1.29 is 0 Å². The van der Waals surface area contributed by atoms with Gasteiger partial charge >= 0.3 is 0 Å². The molecule has 0 aromatic heterocycles. The van der Waals surface area contributed by atoms with Crippen LogP contribution in [0.1, 0.15) is 65.2 Å². The lowest BCUT2D eigenvalue weighted by Gasteiger charge is -2.31. The van der Waals surface area contributed by atoms with Crippen molar-refractivity contribution in [1.29, 1.82) is 0 Å². The van der Waals surface area contributed by atoms with E-state index in [4.69, 9.17) is 0 Å². The van der Waals surface area contributed by atoms with E-state index in [2.05, 4.69) is 19.2 Å². The van der Waals surface area contributed by atoms with Crippen LogP contribution in [0.3, 0.4) is 0 Å². The first kappa shape index (κ1) is 11.4. The first-order chi connectivity index (χ1) is 7.29. The number of rotatable bonds is 5. The summed E-state index contributed by atoms with van der Waals surface area (Å²) in [5, 5.41) is 3.95. The van der Waals surface area contributed by atoms with Crippen molar-refractivity contribution in [3.05, 3.63) is 0 Å². The monoisotopic (exact) mass is 209 g/mol. The molecule has 88 valence electrons. The molecular formula is C14H27N. The van der Waals surface area contributed by atoms with Gasteiger partial charge in [0, 0.05) is 12.1 Å². The van der Waals surface area contributed by atoms with E-state index in [-0.39, 0.29) is 0 Å². The molecule has 0 heterocycles. The summed E-state index contributed by atoms with van der Waals surface area (Å²) in [4.78, 5) is 0. The zero-order chi connectivity index (χ0) is 10.7. The third-order valence-electron chi connectivity index (χ3n) is 4.18. The standard InChI is InChI=1S/C14H27N/c1-3-5-14(12-8-9-12)15-13-7-4-6-11(2)10-13/h11-15H,3-10H2,1-2H3. The first-order valence-electron chi connectivity index (χ1n) is 7.05. The van der Waals surface area contributed by atoms with Gasteiger partial charge in [-0.3, -0.25) is 0 Å². The van der Waals surface area contributed by atoms with Gasteiger partial charge in [-0.1, -0.05) is 33.1 Å². The summed E-state index contributed by atoms with van der Waals surface area (Å²) in [5.41, 5.74) is 0. The van der Waals surface area contributed by atoms with Crippen LogP contribution in [0.15, 0.2) is 0 Å². The van der Waals surface area contributed by atoms with Crippen LogP contribution in [-0.2, 0) is 0 Å². The molecule has 2 fully saturated rings. The first-order valence-corrected chi connectivity index (χ1v) is 7.05. The second-order valence-electron chi connectivity index (χ2n) is 5.87. The van der Waals surface area contributed by atoms with Gasteiger partial charge in [-0.25, -0.2) is 0 Å². The predicted octanol–water partition coefficient (Wildman–Crippen LogP) is 3.73. The van der Waals surface area contributed by atoms with Gasteiger partial charge in [0.25, 0.3) is 0 Å². The van der Waals surface area contributed by atoms with Crippen LogP contribution < -0.4 is 5.32 Å². The predicted molar refractivity (Wildman–Crippen MR) is 66.0 cm³/mol. The lowest BCUT2D eigenvalue weighted by atomic mass is 9.86. The van der Waals surface area contributed by atoms with Crippen LogP contribution in [-0.4, -0.2) is 12.1 Å². The van der Waals surface area contributed by atoms with Gasteiger partial charge in [-0.15, -0.1) is 0 Å². The molecule has 0 spiro atoms. The molecule has 0 bridgehead atoms. The molecule has 0 radical (unpaired) electrons. The second-order valence-corrected chi connectivity index (χ2v) is 5.87. The Morgan fingerprint density at radius 3 is 2.60 bits per heavy atom. The smallest absolute Gasteiger partial charge is 0.00978 e. The van der Waals surface area contributed by atoms with Crippen molar-refractivity contribution >= 4 is 0 Å². The summed E-state index contributed by atoms with van der Waals surface area (Å²) in [5.74, 6) is 1.99. The average Bonchev–Trinajstić information content (AvgIpc) is 3.00. The van der Waals surface area contributed by atoms with Gasteiger partial charge in [0.1, 0.15) is 0 Å². The third kappa shape index (κ3) is 3.48. The van der Waals surface area contributed by atoms with E-state index < -0.39 is 0 Å². The molecular weight excluding hydrogens is 182 g/mol. The van der Waals surface area contributed by atoms with E-state index >= 15 is 0 Å². The highest BCUT2D eigenvalue weighted by molar-refractivity contribution is 4.89. The van der Waals surface area contributed by atoms with Crippen LogP contribution in [0.5, 0.6) is 0 Å². The molecule has 0 saturated heterocycles. The van der Waals surface area contributed by atoms with Crippen molar-refractivity contribution in [2.24, 2.45) is 11.8 Å². The minimum atomic E-state index is 0.839. The normalized spacial score (nSPS) is 34.0. The van der Waals surface area contributed by atoms with E-state index in [0.717, 1.165) is 23.9 Å². The Kier molecular flexibility index (Phi) is 4.07. The third-order valence-corrected chi connectivity index (χ3v) is 4.18. The van der Waals surface area contributed by atoms with Gasteiger partial charge in [0.15, 0.2) is 0 Å². The molecule has 0 aliphatic heterocycles. The lowest BCUT2D eigenvalue weighted by Crippen LogP contribution is -2.42. The molecule has 0 aromatic carbocycles. The summed E-state index contributed by atoms with van der Waals surface area (Å²) >= 11 is 0. The SMILES string of the molecule is CCCC(NC1CCCC(C)C1)C1CC1. The number of hydrogen-bond donors (Lipinski definition) is 1. The summed E-state index contributed by atoms with van der Waals surface area (Å²) in [6, 6.07) is 1.69. The van der Waals surface area contributed by atoms with Crippen LogP contribution in [0.25, 0.3) is 0 Å². The van der Waals surface area contributed by atoms with Crippen molar-refractivity contribution in [2.45, 2.75) is 77.3 Å². The molecule has 2 saturated carbocycles. The van der Waals surface area contributed by atoms with E-state index in [1.165, 1.54) is 51.4 Å². The Morgan fingerprint density at radius 2 is 2.00 bits per heavy atom. The zero-order valence-corrected chi connectivity index (χ0v) is 10.5. The fourth-order valence-corrected chi connectivity index (χ4v) is 3.15. The molecule has 2 rings (SSSR count). The number of nitrogens with one attached hydrogen (secondary N) is 1. The van der Waals surface area contributed by atoms with Gasteiger partial charge < -0.3 is 5.32 Å². The average molecular weight is 209 g/mol. The summed E-state index contributed by atoms with van der Waals surface area (Å²) in [6.07, 6.45) is 11.5. The summed E-state index contributed by atoms with van der Waals surface area (Å²) < 4.78 is 0. The maximum absolute atomic E-state index is 3.95. The van der Waals surface area contributed by atoms with Gasteiger partial charge in [0.05, 0.1) is 0 Å². The highest BCUT2D eigenvalue weighted by atomic mass is 15.0. The topological polar surface area (TPSA) is 12.0 Å². The van der Waals surface area contributed by atoms with E-state index in [1.807, 2.05) is 0 Å². The van der Waals surface area contributed by atoms with Crippen molar-refractivity contribution in [3.8, 4) is 0 Å². The van der Waals surface area contributed by atoms with E-state index in [0.29, 0.717) is 0 Å². The van der Waals surface area contributed by atoms with E-state index in [1.54, 1.807) is 0 Å². The van der Waals surface area contributed by atoms with Crippen molar-refractivity contribution in [3.63, 3.8) is 0 Å². The zero-order valence-electron chi connectivity index (χ0n) is 10.5. The number of hydrogen-bond acceptors (Lipinski definition) is 1. The molecule has 1 nitrogen and oxygen atoms in total. The molecule has 2 aliphatic rings. The Morgan fingerprint density at radius 1 is 1.20 bits per heavy atom. The molecule has 3 unspecified atom stereocenters. The maximum Gasteiger partial charge on any atom is 0.00978 e. The Hall–Kier alpha value is -0.0400. The maximum atomic E-state index is 3.95. The molecule has 0 amide bonds. The molecule has 1 heteroatoms. The minimum Gasteiger partial charge on any atom is -0.311 e. The van der Waals surface area contributed by atoms with Crippen molar-refractivity contribution in [2.75, 3.05) is 0 Å². The molecule has 3 atom stereocenters. The highest BCUT2D eigenvalue weighted by Crippen LogP contribution is 2.35. The van der Waals surface area contributed by atoms with Crippen LogP contribution in [0.2, 0.25) is 0 Å². The quantitative estimate of drug-likeness (QED) is 0.727. The van der Waals surface area contributed by atoms with E-state index in [9.17, 15) is 0 Å². The van der Waals surface area contributed by atoms with Crippen LogP contribution >= 0.6 is 0 Å². The highest BCUT2D eigenvalue weighted by Gasteiger charge is 2.32. The fourth-order valence-electron chi connectivity index (χ4n) is 3.15. The molecule has 0 aromatic rings. The van der Waals surface area contributed by atoms with Gasteiger partial charge in [0.2, 0.25) is 0 Å². The molecule has 15 heavy (non-hydrogen) atoms. The van der Waals surface area contributed by atoms with Gasteiger partial charge in [-0.2, -0.15) is 0 Å². The molecule has 2 aliphatic carbocycles. The van der Waals surface area contributed by atoms with Gasteiger partial charge in [-0.05, 0) is 43.9 Å². The lowest BCUT2D eigenvalue weighted by molar-refractivity contribution is 0.264.